The summed E-state index contributed by atoms with van der Waals surface area (Å²) >= 11 is 0. The van der Waals surface area contributed by atoms with E-state index in [0.717, 1.165) is 53.9 Å². The van der Waals surface area contributed by atoms with E-state index >= 15 is 0 Å². The van der Waals surface area contributed by atoms with Crippen LogP contribution in [0.15, 0.2) is 42.7 Å². The lowest BCUT2D eigenvalue weighted by molar-refractivity contribution is 0.000607. The number of carbonyl (C=O) groups is 1. The van der Waals surface area contributed by atoms with Crippen molar-refractivity contribution in [2.75, 3.05) is 39.4 Å². The van der Waals surface area contributed by atoms with Gasteiger partial charge in [-0.3, -0.25) is 9.78 Å². The Hall–Kier alpha value is -2.78. The van der Waals surface area contributed by atoms with Crippen LogP contribution in [0.3, 0.4) is 0 Å². The van der Waals surface area contributed by atoms with Crippen molar-refractivity contribution in [2.45, 2.75) is 25.2 Å². The van der Waals surface area contributed by atoms with Crippen LogP contribution in [0, 0.1) is 0 Å². The predicted octanol–water partition coefficient (Wildman–Crippen LogP) is 2.01. The number of morpholine rings is 2. The smallest absolute Gasteiger partial charge is 0.248 e. The first kappa shape index (κ1) is 21.1. The Kier molecular flexibility index (Phi) is 5.93. The number of hydrogen-bond acceptors (Lipinski definition) is 6. The number of benzene rings is 1. The number of hydrogen-bond donors (Lipinski definition) is 3. The van der Waals surface area contributed by atoms with Crippen molar-refractivity contribution < 1.29 is 14.3 Å². The number of nitrogens with two attached hydrogens (primary N) is 1. The molecular weight excluding hydrogens is 406 g/mol. The van der Waals surface area contributed by atoms with Gasteiger partial charge < -0.3 is 30.4 Å². The molecule has 3 unspecified atom stereocenters. The molecule has 3 atom stereocenters. The highest BCUT2D eigenvalue weighted by atomic mass is 16.5. The average Bonchev–Trinajstić information content (AvgIpc) is 3.23. The Morgan fingerprint density at radius 3 is 2.69 bits per heavy atom. The van der Waals surface area contributed by atoms with Gasteiger partial charge in [-0.15, -0.1) is 0 Å². The van der Waals surface area contributed by atoms with Crippen LogP contribution in [-0.4, -0.2) is 61.0 Å². The summed E-state index contributed by atoms with van der Waals surface area (Å²) in [6.45, 7) is 6.72. The van der Waals surface area contributed by atoms with Crippen LogP contribution >= 0.6 is 0 Å². The number of ether oxygens (including phenoxy) is 2. The molecule has 5 rings (SSSR count). The Bertz CT molecular complexity index is 1120. The van der Waals surface area contributed by atoms with Crippen LogP contribution < -0.4 is 16.4 Å². The van der Waals surface area contributed by atoms with Gasteiger partial charge in [-0.1, -0.05) is 12.1 Å². The second-order valence-electron chi connectivity index (χ2n) is 8.40. The van der Waals surface area contributed by atoms with E-state index in [1.54, 1.807) is 6.07 Å². The van der Waals surface area contributed by atoms with E-state index < -0.39 is 5.91 Å². The number of rotatable bonds is 5. The molecule has 32 heavy (non-hydrogen) atoms. The van der Waals surface area contributed by atoms with Gasteiger partial charge in [-0.2, -0.15) is 0 Å². The van der Waals surface area contributed by atoms with Gasteiger partial charge in [-0.25, -0.2) is 0 Å². The van der Waals surface area contributed by atoms with Crippen molar-refractivity contribution in [2.24, 2.45) is 5.73 Å². The summed E-state index contributed by atoms with van der Waals surface area (Å²) in [7, 11) is 0. The highest BCUT2D eigenvalue weighted by Gasteiger charge is 2.27. The summed E-state index contributed by atoms with van der Waals surface area (Å²) in [5.74, 6) is -0.437. The maximum atomic E-state index is 11.9. The highest BCUT2D eigenvalue weighted by Crippen LogP contribution is 2.37. The second kappa shape index (κ2) is 8.99. The lowest BCUT2D eigenvalue weighted by Gasteiger charge is -2.30. The molecule has 3 aromatic rings. The van der Waals surface area contributed by atoms with E-state index in [2.05, 4.69) is 34.4 Å². The largest absolute Gasteiger partial charge is 0.373 e. The standard InChI is InChI=1S/C24H29N5O3/c1-15(21-12-26-7-9-31-21)29-14-19(17-5-4-16(24(25)30)11-20(17)29)18-3-2-6-28-23(18)22-13-27-8-10-32-22/h2-6,11,14-15,21-22,26-27H,7-10,12-13H2,1H3,(H2,25,30). The molecule has 2 aliphatic heterocycles. The van der Waals surface area contributed by atoms with Gasteiger partial charge in [-0.05, 0) is 25.1 Å². The normalized spacial score (nSPS) is 22.7. The molecule has 8 heteroatoms. The zero-order valence-corrected chi connectivity index (χ0v) is 18.2. The van der Waals surface area contributed by atoms with Gasteiger partial charge in [0.05, 0.1) is 31.1 Å². The lowest BCUT2D eigenvalue weighted by Crippen LogP contribution is -2.42. The molecule has 0 radical (unpaired) electrons. The van der Waals surface area contributed by atoms with E-state index in [0.29, 0.717) is 18.8 Å². The summed E-state index contributed by atoms with van der Waals surface area (Å²) in [5, 5.41) is 7.84. The molecule has 1 amide bonds. The maximum Gasteiger partial charge on any atom is 0.248 e. The summed E-state index contributed by atoms with van der Waals surface area (Å²) in [4.78, 5) is 16.6. The quantitative estimate of drug-likeness (QED) is 0.567. The molecule has 0 saturated carbocycles. The van der Waals surface area contributed by atoms with Crippen LogP contribution in [0.4, 0.5) is 0 Å². The Balaban J connectivity index is 1.65. The van der Waals surface area contributed by atoms with Crippen LogP contribution in [0.5, 0.6) is 0 Å². The zero-order chi connectivity index (χ0) is 22.1. The minimum atomic E-state index is -0.437. The zero-order valence-electron chi connectivity index (χ0n) is 18.2. The highest BCUT2D eigenvalue weighted by molar-refractivity contribution is 6.02. The van der Waals surface area contributed by atoms with E-state index in [-0.39, 0.29) is 18.2 Å². The monoisotopic (exact) mass is 435 g/mol. The molecule has 0 aliphatic carbocycles. The molecule has 168 valence electrons. The first-order valence-corrected chi connectivity index (χ1v) is 11.2. The molecule has 0 bridgehead atoms. The fraction of sp³-hybridized carbons (Fsp3) is 0.417. The number of primary amides is 1. The minimum Gasteiger partial charge on any atom is -0.373 e. The fourth-order valence-corrected chi connectivity index (χ4v) is 4.67. The first-order chi connectivity index (χ1) is 15.6. The number of fused-ring (bicyclic) bond motifs is 1. The van der Waals surface area contributed by atoms with Gasteiger partial charge in [0.1, 0.15) is 6.10 Å². The number of amides is 1. The minimum absolute atomic E-state index is 0.0312. The van der Waals surface area contributed by atoms with E-state index in [1.165, 1.54) is 0 Å². The third kappa shape index (κ3) is 3.91. The molecule has 0 spiro atoms. The Morgan fingerprint density at radius 2 is 1.97 bits per heavy atom. The number of aromatic nitrogens is 2. The molecule has 8 nitrogen and oxygen atoms in total. The lowest BCUT2D eigenvalue weighted by atomic mass is 9.99. The molecular formula is C24H29N5O3. The van der Waals surface area contributed by atoms with Crippen molar-refractivity contribution in [3.05, 3.63) is 54.0 Å². The SMILES string of the molecule is CC(C1CNCCO1)n1cc(-c2cccnc2C2CNCCO2)c2ccc(C(N)=O)cc21. The first-order valence-electron chi connectivity index (χ1n) is 11.2. The molecule has 1 aromatic carbocycles. The van der Waals surface area contributed by atoms with Gasteiger partial charge in [0, 0.05) is 66.2 Å². The summed E-state index contributed by atoms with van der Waals surface area (Å²) < 4.78 is 14.3. The predicted molar refractivity (Wildman–Crippen MR) is 123 cm³/mol. The molecule has 2 fully saturated rings. The fourth-order valence-electron chi connectivity index (χ4n) is 4.67. The van der Waals surface area contributed by atoms with E-state index in [9.17, 15) is 4.79 Å². The van der Waals surface area contributed by atoms with Crippen LogP contribution in [-0.2, 0) is 9.47 Å². The van der Waals surface area contributed by atoms with E-state index in [1.807, 2.05) is 24.4 Å². The van der Waals surface area contributed by atoms with Crippen molar-refractivity contribution in [1.82, 2.24) is 20.2 Å². The topological polar surface area (TPSA) is 103 Å². The van der Waals surface area contributed by atoms with Gasteiger partial charge >= 0.3 is 0 Å². The van der Waals surface area contributed by atoms with Crippen molar-refractivity contribution in [1.29, 1.82) is 0 Å². The number of nitrogens with one attached hydrogen (secondary N) is 2. The maximum absolute atomic E-state index is 11.9. The van der Waals surface area contributed by atoms with Crippen LogP contribution in [0.25, 0.3) is 22.0 Å². The Labute approximate surface area is 187 Å². The summed E-state index contributed by atoms with van der Waals surface area (Å²) in [5.41, 5.74) is 10.1. The third-order valence-electron chi connectivity index (χ3n) is 6.41. The second-order valence-corrected chi connectivity index (χ2v) is 8.40. The van der Waals surface area contributed by atoms with Gasteiger partial charge in [0.15, 0.2) is 0 Å². The number of pyridine rings is 1. The number of nitrogens with zero attached hydrogens (tertiary/aromatic N) is 2. The molecule has 2 saturated heterocycles. The molecule has 4 heterocycles. The van der Waals surface area contributed by atoms with Crippen molar-refractivity contribution in [3.8, 4) is 11.1 Å². The Morgan fingerprint density at radius 1 is 1.16 bits per heavy atom. The van der Waals surface area contributed by atoms with Crippen LogP contribution in [0.2, 0.25) is 0 Å². The average molecular weight is 436 g/mol. The van der Waals surface area contributed by atoms with Gasteiger partial charge in [0.2, 0.25) is 5.91 Å². The van der Waals surface area contributed by atoms with Crippen molar-refractivity contribution in [3.63, 3.8) is 0 Å². The molecule has 4 N–H and O–H groups in total. The number of carbonyl (C=O) groups excluding carboxylic acids is 1. The molecule has 2 aliphatic rings. The summed E-state index contributed by atoms with van der Waals surface area (Å²) in [6, 6.07) is 9.75. The van der Waals surface area contributed by atoms with E-state index in [4.69, 9.17) is 20.2 Å². The summed E-state index contributed by atoms with van der Waals surface area (Å²) in [6.07, 6.45) is 3.88. The van der Waals surface area contributed by atoms with Gasteiger partial charge in [0.25, 0.3) is 0 Å². The third-order valence-corrected chi connectivity index (χ3v) is 6.41. The van der Waals surface area contributed by atoms with Crippen LogP contribution in [0.1, 0.15) is 35.1 Å². The van der Waals surface area contributed by atoms with Crippen molar-refractivity contribution >= 4 is 16.8 Å². The molecule has 2 aromatic heterocycles.